The van der Waals surface area contributed by atoms with Crippen LogP contribution in [0.15, 0.2) is 29.7 Å². The second kappa shape index (κ2) is 6.58. The summed E-state index contributed by atoms with van der Waals surface area (Å²) in [6.07, 6.45) is 3.36. The van der Waals surface area contributed by atoms with Gasteiger partial charge in [-0.25, -0.2) is 0 Å². The quantitative estimate of drug-likeness (QED) is 0.600. The van der Waals surface area contributed by atoms with Crippen LogP contribution in [0.1, 0.15) is 38.7 Å². The lowest BCUT2D eigenvalue weighted by Gasteiger charge is -2.50. The maximum Gasteiger partial charge on any atom is 0.380 e. The molecule has 0 aromatic heterocycles. The normalized spacial score (nSPS) is 27.0. The van der Waals surface area contributed by atoms with E-state index in [9.17, 15) is 26.3 Å². The Kier molecular flexibility index (Phi) is 4.46. The van der Waals surface area contributed by atoms with Crippen LogP contribution in [-0.2, 0) is 9.47 Å². The van der Waals surface area contributed by atoms with E-state index in [4.69, 9.17) is 9.47 Å². The molecule has 0 saturated heterocycles. The monoisotopic (exact) mass is 471 g/mol. The summed E-state index contributed by atoms with van der Waals surface area (Å²) in [4.78, 5) is 1.53. The molecule has 33 heavy (non-hydrogen) atoms. The number of halogens is 6. The zero-order valence-corrected chi connectivity index (χ0v) is 18.5. The number of anilines is 1. The fourth-order valence-corrected chi connectivity index (χ4v) is 5.77. The van der Waals surface area contributed by atoms with E-state index in [0.29, 0.717) is 35.8 Å². The number of nitrogens with zero attached hydrogens (tertiary/aromatic N) is 1. The molecule has 4 aliphatic rings. The molecule has 1 aromatic rings. The number of rotatable bonds is 4. The summed E-state index contributed by atoms with van der Waals surface area (Å²) in [5.74, 6) is -15.1. The standard InChI is InChI=1S/C24H23F6NO2/c1-5-21(6-2)10-14-17-12(9-16(32-3)20(14)33-4)7-8-13-18-15(11-31(21)19(13)17)22(25,26)24(29,30)23(18,27)28/h7-9,11,16H,5-6,10H2,1-4H3. The maximum absolute atomic E-state index is 14.9. The predicted octanol–water partition coefficient (Wildman–Crippen LogP) is 4.59. The van der Waals surface area contributed by atoms with Gasteiger partial charge in [0.25, 0.3) is 0 Å². The largest absolute Gasteiger partial charge is 0.498 e. The minimum atomic E-state index is -5.54. The number of hydrogen-bond donors (Lipinski definition) is 0. The molecule has 0 bridgehead atoms. The molecule has 9 heteroatoms. The van der Waals surface area contributed by atoms with Gasteiger partial charge in [0.2, 0.25) is 0 Å². The van der Waals surface area contributed by atoms with Gasteiger partial charge in [-0.3, -0.25) is 0 Å². The molecular formula is C24H23F6NO2. The van der Waals surface area contributed by atoms with Crippen molar-refractivity contribution in [3.05, 3.63) is 45.7 Å². The summed E-state index contributed by atoms with van der Waals surface area (Å²) in [5, 5.41) is 0.357. The van der Waals surface area contributed by atoms with Crippen molar-refractivity contribution in [1.82, 2.24) is 0 Å². The Morgan fingerprint density at radius 3 is 2.24 bits per heavy atom. The minimum absolute atomic E-state index is 0.240. The third-order valence-corrected chi connectivity index (χ3v) is 7.68. The zero-order chi connectivity index (χ0) is 24.1. The highest BCUT2D eigenvalue weighted by molar-refractivity contribution is 5.93. The van der Waals surface area contributed by atoms with E-state index in [1.807, 2.05) is 13.8 Å². The fourth-order valence-electron chi connectivity index (χ4n) is 5.77. The van der Waals surface area contributed by atoms with E-state index in [0.717, 1.165) is 11.8 Å². The number of alkyl halides is 6. The average molecular weight is 471 g/mol. The van der Waals surface area contributed by atoms with Gasteiger partial charge in [0.15, 0.2) is 0 Å². The van der Waals surface area contributed by atoms with Crippen LogP contribution >= 0.6 is 0 Å². The molecule has 1 unspecified atom stereocenters. The van der Waals surface area contributed by atoms with Crippen LogP contribution in [0, 0.1) is 0 Å². The summed E-state index contributed by atoms with van der Waals surface area (Å²) < 4.78 is 99.5. The van der Waals surface area contributed by atoms with Crippen molar-refractivity contribution in [1.29, 1.82) is 0 Å². The van der Waals surface area contributed by atoms with Crippen molar-refractivity contribution >= 4 is 22.9 Å². The molecule has 0 N–H and O–H groups in total. The van der Waals surface area contributed by atoms with Gasteiger partial charge in [0, 0.05) is 47.2 Å². The van der Waals surface area contributed by atoms with Crippen molar-refractivity contribution in [3.8, 4) is 0 Å². The zero-order valence-electron chi connectivity index (χ0n) is 18.5. The molecule has 1 atom stereocenters. The van der Waals surface area contributed by atoms with Gasteiger partial charge in [-0.1, -0.05) is 26.0 Å². The molecule has 5 rings (SSSR count). The molecule has 1 saturated carbocycles. The molecule has 1 fully saturated rings. The smallest absolute Gasteiger partial charge is 0.380 e. The van der Waals surface area contributed by atoms with Crippen molar-refractivity contribution < 1.29 is 35.8 Å². The third kappa shape index (κ3) is 2.36. The first-order valence-corrected chi connectivity index (χ1v) is 10.8. The van der Waals surface area contributed by atoms with Gasteiger partial charge >= 0.3 is 17.8 Å². The van der Waals surface area contributed by atoms with Crippen LogP contribution in [0.25, 0.3) is 17.2 Å². The lowest BCUT2D eigenvalue weighted by atomic mass is 9.73. The van der Waals surface area contributed by atoms with Gasteiger partial charge in [0.1, 0.15) is 11.9 Å². The highest BCUT2D eigenvalue weighted by atomic mass is 19.3. The van der Waals surface area contributed by atoms with Crippen LogP contribution in [0.3, 0.4) is 0 Å². The van der Waals surface area contributed by atoms with Gasteiger partial charge in [-0.15, -0.1) is 0 Å². The van der Waals surface area contributed by atoms with Crippen molar-refractivity contribution in [2.45, 2.75) is 62.5 Å². The summed E-state index contributed by atoms with van der Waals surface area (Å²) in [7, 11) is 2.99. The summed E-state index contributed by atoms with van der Waals surface area (Å²) in [5.41, 5.74) is -1.92. The molecule has 0 amide bonds. The number of benzene rings is 1. The second-order valence-corrected chi connectivity index (χ2v) is 8.92. The van der Waals surface area contributed by atoms with Crippen LogP contribution in [0.2, 0.25) is 0 Å². The summed E-state index contributed by atoms with van der Waals surface area (Å²) >= 11 is 0. The van der Waals surface area contributed by atoms with E-state index in [1.54, 1.807) is 6.08 Å². The Morgan fingerprint density at radius 2 is 1.67 bits per heavy atom. The van der Waals surface area contributed by atoms with E-state index < -0.39 is 40.6 Å². The Morgan fingerprint density at radius 1 is 1.00 bits per heavy atom. The molecule has 3 nitrogen and oxygen atoms in total. The number of fused-ring (bicyclic) bond motifs is 1. The Hall–Kier alpha value is -2.42. The van der Waals surface area contributed by atoms with Gasteiger partial charge in [-0.05, 0) is 24.1 Å². The topological polar surface area (TPSA) is 21.7 Å². The highest BCUT2D eigenvalue weighted by Crippen LogP contribution is 2.64. The van der Waals surface area contributed by atoms with Crippen LogP contribution < -0.4 is 15.3 Å². The predicted molar refractivity (Wildman–Crippen MR) is 112 cm³/mol. The van der Waals surface area contributed by atoms with Gasteiger partial charge < -0.3 is 14.4 Å². The first-order valence-electron chi connectivity index (χ1n) is 10.8. The summed E-state index contributed by atoms with van der Waals surface area (Å²) in [6, 6.07) is 2.74. The molecule has 1 aromatic carbocycles. The SMILES string of the molecule is CCC1(CC)CC2=C(OC)C(OC)C=c3ccc4c(c32)N1C=C1C=4C(F)(F)C(F)(F)C1(F)F. The Balaban J connectivity index is 2.00. The molecule has 2 aliphatic carbocycles. The molecule has 2 heterocycles. The van der Waals surface area contributed by atoms with E-state index in [2.05, 4.69) is 0 Å². The first-order chi connectivity index (χ1) is 15.4. The molecule has 0 spiro atoms. The highest BCUT2D eigenvalue weighted by Gasteiger charge is 2.82. The lowest BCUT2D eigenvalue weighted by molar-refractivity contribution is -0.254. The summed E-state index contributed by atoms with van der Waals surface area (Å²) in [6.45, 7) is 3.73. The van der Waals surface area contributed by atoms with Crippen molar-refractivity contribution in [2.75, 3.05) is 19.1 Å². The first kappa shape index (κ1) is 22.4. The lowest BCUT2D eigenvalue weighted by Crippen LogP contribution is -2.54. The average Bonchev–Trinajstić information content (AvgIpc) is 2.90. The molecule has 178 valence electrons. The van der Waals surface area contributed by atoms with Crippen LogP contribution in [-0.4, -0.2) is 43.6 Å². The second-order valence-electron chi connectivity index (χ2n) is 8.92. The molecular weight excluding hydrogens is 448 g/mol. The van der Waals surface area contributed by atoms with Crippen molar-refractivity contribution in [2.24, 2.45) is 0 Å². The number of allylic oxidation sites excluding steroid dienone is 1. The number of ether oxygens (including phenoxy) is 2. The fraction of sp³-hybridized carbons (Fsp3) is 0.500. The van der Waals surface area contributed by atoms with E-state index in [-0.39, 0.29) is 10.9 Å². The van der Waals surface area contributed by atoms with Crippen molar-refractivity contribution in [3.63, 3.8) is 0 Å². The van der Waals surface area contributed by atoms with Gasteiger partial charge in [-0.2, -0.15) is 26.3 Å². The maximum atomic E-state index is 14.9. The van der Waals surface area contributed by atoms with Gasteiger partial charge in [0.05, 0.1) is 18.4 Å². The number of hydrogen-bond acceptors (Lipinski definition) is 3. The Labute approximate surface area is 186 Å². The van der Waals surface area contributed by atoms with Crippen LogP contribution in [0.5, 0.6) is 0 Å². The number of methoxy groups -OCH3 is 2. The minimum Gasteiger partial charge on any atom is -0.498 e. The Bertz CT molecular complexity index is 1240. The third-order valence-electron chi connectivity index (χ3n) is 7.68. The molecule has 0 radical (unpaired) electrons. The van der Waals surface area contributed by atoms with Crippen LogP contribution in [0.4, 0.5) is 32.0 Å². The molecule has 2 aliphatic heterocycles. The van der Waals surface area contributed by atoms with E-state index >= 15 is 0 Å². The van der Waals surface area contributed by atoms with E-state index in [1.165, 1.54) is 31.3 Å².